The van der Waals surface area contributed by atoms with E-state index in [1.54, 1.807) is 26.4 Å². The molecule has 1 unspecified atom stereocenters. The highest BCUT2D eigenvalue weighted by Gasteiger charge is 2.27. The van der Waals surface area contributed by atoms with E-state index in [0.717, 1.165) is 38.9 Å². The van der Waals surface area contributed by atoms with Crippen molar-refractivity contribution >= 4 is 92.1 Å². The molecule has 0 saturated carbocycles. The normalized spacial score (nSPS) is 13.1. The first-order valence-electron chi connectivity index (χ1n) is 22.2. The van der Waals surface area contributed by atoms with Gasteiger partial charge < -0.3 is 50.2 Å². The number of halogens is 2. The zero-order chi connectivity index (χ0) is 50.2. The fourth-order valence-corrected chi connectivity index (χ4v) is 9.16. The molecular weight excluding hydrogens is 960 g/mol. The standard InChI is InChI=1S/C47H54Cl2N14O6S/c1-27-11-10-14-33(48)39(27)56-43(64)35-23-52-45(70-35)55-36-21-37(54-30(4)53-36)62-19-17-61(18-20-62)32(26-69-47(67)60(6)16-15-59(5)46(65)66)13-9-8-12-31-24-63(42-38(31)41(49)57-44(50)58-42)25-34-29(3)40(68-7)28(2)22-51-34/h10-11,14,21-24,32H,9,13,15-20,25-26H2,1-7H3,(H,56,64)(H,65,66)(H2,50,57,58)(H,52,53,54,55). The number of pyridine rings is 1. The number of ether oxygens (including phenoxy) is 2. The van der Waals surface area contributed by atoms with E-state index in [1.807, 2.05) is 56.7 Å². The van der Waals surface area contributed by atoms with Crippen molar-refractivity contribution in [2.75, 3.05) is 88.3 Å². The van der Waals surface area contributed by atoms with Crippen molar-refractivity contribution in [3.05, 3.63) is 91.7 Å². The summed E-state index contributed by atoms with van der Waals surface area (Å²) < 4.78 is 13.4. The number of para-hydroxylation sites is 1. The molecular formula is C47H54Cl2N14O6S. The van der Waals surface area contributed by atoms with Gasteiger partial charge >= 0.3 is 12.2 Å². The predicted octanol–water partition coefficient (Wildman–Crippen LogP) is 7.25. The van der Waals surface area contributed by atoms with Gasteiger partial charge in [-0.05, 0) is 45.7 Å². The number of methoxy groups -OCH3 is 1. The highest BCUT2D eigenvalue weighted by molar-refractivity contribution is 7.17. The maximum Gasteiger partial charge on any atom is 0.409 e. The summed E-state index contributed by atoms with van der Waals surface area (Å²) in [5, 5.41) is 17.1. The molecule has 0 aliphatic carbocycles. The molecule has 70 heavy (non-hydrogen) atoms. The lowest BCUT2D eigenvalue weighted by Crippen LogP contribution is -2.52. The Balaban J connectivity index is 1.04. The number of hydrogen-bond donors (Lipinski definition) is 4. The number of nitrogen functional groups attached to an aromatic ring is 1. The van der Waals surface area contributed by atoms with Crippen molar-refractivity contribution < 1.29 is 29.0 Å². The van der Waals surface area contributed by atoms with Gasteiger partial charge in [-0.2, -0.15) is 4.98 Å². The summed E-state index contributed by atoms with van der Waals surface area (Å²) in [6, 6.07) is 7.05. The number of anilines is 5. The molecule has 0 radical (unpaired) electrons. The first kappa shape index (κ1) is 50.9. The van der Waals surface area contributed by atoms with Crippen LogP contribution >= 0.6 is 34.5 Å². The molecule has 3 amide bonds. The Morgan fingerprint density at radius 3 is 2.47 bits per heavy atom. The molecule has 1 aliphatic rings. The summed E-state index contributed by atoms with van der Waals surface area (Å²) >= 11 is 14.2. The van der Waals surface area contributed by atoms with Crippen LogP contribution in [0.1, 0.15) is 56.3 Å². The smallest absolute Gasteiger partial charge is 0.409 e. The Morgan fingerprint density at radius 2 is 1.74 bits per heavy atom. The van der Waals surface area contributed by atoms with Crippen LogP contribution in [-0.2, 0) is 11.3 Å². The van der Waals surface area contributed by atoms with Gasteiger partial charge in [0.15, 0.2) is 5.13 Å². The van der Waals surface area contributed by atoms with E-state index in [-0.39, 0.29) is 42.7 Å². The number of fused-ring (bicyclic) bond motifs is 1. The molecule has 7 rings (SSSR count). The van der Waals surface area contributed by atoms with Crippen molar-refractivity contribution in [3.63, 3.8) is 0 Å². The summed E-state index contributed by atoms with van der Waals surface area (Å²) in [7, 11) is 4.65. The minimum Gasteiger partial charge on any atom is -0.496 e. The number of benzene rings is 1. The molecule has 368 valence electrons. The summed E-state index contributed by atoms with van der Waals surface area (Å²) in [6.45, 7) is 10.8. The third-order valence-electron chi connectivity index (χ3n) is 11.8. The van der Waals surface area contributed by atoms with Gasteiger partial charge in [-0.25, -0.2) is 29.5 Å². The van der Waals surface area contributed by atoms with E-state index < -0.39 is 12.2 Å². The maximum atomic E-state index is 13.2. The van der Waals surface area contributed by atoms with E-state index in [2.05, 4.69) is 57.2 Å². The number of amides is 3. The van der Waals surface area contributed by atoms with Crippen LogP contribution in [0.3, 0.4) is 0 Å². The fourth-order valence-electron chi connectivity index (χ4n) is 7.90. The molecule has 6 aromatic rings. The number of carboxylic acid groups (broad SMARTS) is 1. The second-order valence-electron chi connectivity index (χ2n) is 16.7. The van der Waals surface area contributed by atoms with E-state index in [4.69, 9.17) is 43.4 Å². The maximum absolute atomic E-state index is 13.2. The number of carbonyl (C=O) groups excluding carboxylic acids is 2. The van der Waals surface area contributed by atoms with Crippen LogP contribution < -0.4 is 26.0 Å². The Bertz CT molecular complexity index is 2950. The van der Waals surface area contributed by atoms with E-state index in [1.165, 1.54) is 29.5 Å². The molecule has 5 aromatic heterocycles. The molecule has 0 bridgehead atoms. The van der Waals surface area contributed by atoms with Crippen molar-refractivity contribution in [2.45, 2.75) is 53.1 Å². The number of aryl methyl sites for hydroxylation is 3. The average molecular weight is 1010 g/mol. The molecule has 1 aromatic carbocycles. The van der Waals surface area contributed by atoms with Crippen molar-refractivity contribution in [1.82, 2.24) is 49.2 Å². The van der Waals surface area contributed by atoms with Gasteiger partial charge in [0, 0.05) is 95.4 Å². The Labute approximate surface area is 419 Å². The van der Waals surface area contributed by atoms with Crippen molar-refractivity contribution in [2.24, 2.45) is 0 Å². The number of thiazole rings is 1. The van der Waals surface area contributed by atoms with Gasteiger partial charge in [0.1, 0.15) is 45.5 Å². The molecule has 1 aliphatic heterocycles. The Kier molecular flexibility index (Phi) is 16.4. The van der Waals surface area contributed by atoms with Gasteiger partial charge in [-0.3, -0.25) is 14.7 Å². The van der Waals surface area contributed by atoms with E-state index in [0.29, 0.717) is 94.5 Å². The molecule has 6 heterocycles. The highest BCUT2D eigenvalue weighted by atomic mass is 35.5. The third kappa shape index (κ3) is 12.2. The average Bonchev–Trinajstić information content (AvgIpc) is 3.94. The third-order valence-corrected chi connectivity index (χ3v) is 13.3. The first-order chi connectivity index (χ1) is 33.5. The molecule has 20 nitrogen and oxygen atoms in total. The lowest BCUT2D eigenvalue weighted by atomic mass is 10.1. The predicted molar refractivity (Wildman–Crippen MR) is 271 cm³/mol. The quantitative estimate of drug-likeness (QED) is 0.0552. The monoisotopic (exact) mass is 1010 g/mol. The number of nitrogens with two attached hydrogens (primary N) is 1. The first-order valence-corrected chi connectivity index (χ1v) is 23.8. The van der Waals surface area contributed by atoms with Crippen molar-refractivity contribution in [3.8, 4) is 17.6 Å². The van der Waals surface area contributed by atoms with Crippen LogP contribution in [0.5, 0.6) is 5.75 Å². The minimum atomic E-state index is -1.09. The fraction of sp³-hybridized carbons (Fsp3) is 0.383. The molecule has 23 heteroatoms. The van der Waals surface area contributed by atoms with Crippen LogP contribution in [0.25, 0.3) is 11.0 Å². The Morgan fingerprint density at radius 1 is 0.986 bits per heavy atom. The largest absolute Gasteiger partial charge is 0.496 e. The molecule has 0 spiro atoms. The summed E-state index contributed by atoms with van der Waals surface area (Å²) in [5.74, 6) is 8.86. The van der Waals surface area contributed by atoms with Crippen LogP contribution in [0.2, 0.25) is 10.2 Å². The summed E-state index contributed by atoms with van der Waals surface area (Å²) in [5.41, 5.74) is 11.2. The summed E-state index contributed by atoms with van der Waals surface area (Å²) in [4.78, 5) is 72.0. The minimum absolute atomic E-state index is 0.0319. The number of piperazine rings is 1. The topological polar surface area (TPSA) is 235 Å². The van der Waals surface area contributed by atoms with Gasteiger partial charge in [0.25, 0.3) is 5.91 Å². The molecule has 1 fully saturated rings. The Hall–Kier alpha value is -6.99. The number of nitrogens with zero attached hydrogens (tertiary/aromatic N) is 11. The molecule has 1 atom stereocenters. The number of rotatable bonds is 16. The van der Waals surface area contributed by atoms with Crippen LogP contribution in [-0.4, -0.2) is 145 Å². The molecule has 1 saturated heterocycles. The second kappa shape index (κ2) is 22.6. The number of carbonyl (C=O) groups is 3. The van der Waals surface area contributed by atoms with Crippen LogP contribution in [0, 0.1) is 39.5 Å². The lowest BCUT2D eigenvalue weighted by Gasteiger charge is -2.39. The number of nitrogens with one attached hydrogen (secondary N) is 2. The number of likely N-dealkylation sites (N-methyl/N-ethyl adjacent to an activating group) is 2. The highest BCUT2D eigenvalue weighted by Crippen LogP contribution is 2.31. The van der Waals surface area contributed by atoms with E-state index in [9.17, 15) is 19.5 Å². The van der Waals surface area contributed by atoms with Gasteiger partial charge in [-0.15, -0.1) is 0 Å². The SMILES string of the molecule is COc1c(C)cnc(Cn2cc(C#CCCC(COC(=O)N(C)CCN(C)C(=O)O)N3CCN(c4cc(Nc5ncc(C(=O)Nc6c(C)cccc6Cl)s5)nc(C)n4)CC3)c3c(Cl)nc(N)nc32)c1C. The zero-order valence-corrected chi connectivity index (χ0v) is 42.2. The van der Waals surface area contributed by atoms with Crippen molar-refractivity contribution in [1.29, 1.82) is 0 Å². The lowest BCUT2D eigenvalue weighted by molar-refractivity contribution is 0.0627. The molecule has 5 N–H and O–H groups in total. The van der Waals surface area contributed by atoms with Crippen LogP contribution in [0.4, 0.5) is 38.0 Å². The van der Waals surface area contributed by atoms with Crippen LogP contribution in [0.15, 0.2) is 42.9 Å². The second-order valence-corrected chi connectivity index (χ2v) is 18.5. The summed E-state index contributed by atoms with van der Waals surface area (Å²) in [6.07, 6.45) is 4.49. The zero-order valence-electron chi connectivity index (χ0n) is 39.8. The van der Waals surface area contributed by atoms with Gasteiger partial charge in [0.2, 0.25) is 5.95 Å². The van der Waals surface area contributed by atoms with Gasteiger partial charge in [-0.1, -0.05) is 58.5 Å². The number of aromatic nitrogens is 7. The van der Waals surface area contributed by atoms with Gasteiger partial charge in [0.05, 0.1) is 47.2 Å². The number of hydrogen-bond acceptors (Lipinski definition) is 16. The van der Waals surface area contributed by atoms with E-state index >= 15 is 0 Å².